The van der Waals surface area contributed by atoms with Crippen molar-refractivity contribution in [2.45, 2.75) is 0 Å². The molecule has 4 nitrogen and oxygen atoms in total. The van der Waals surface area contributed by atoms with Gasteiger partial charge in [0.2, 0.25) is 0 Å². The lowest BCUT2D eigenvalue weighted by Crippen LogP contribution is -2.31. The molecule has 34 heavy (non-hydrogen) atoms. The normalized spacial score (nSPS) is 11.5. The lowest BCUT2D eigenvalue weighted by atomic mass is 9.74. The molecule has 6 heteroatoms. The van der Waals surface area contributed by atoms with Crippen molar-refractivity contribution in [1.29, 1.82) is 0 Å². The molecule has 0 bridgehead atoms. The van der Waals surface area contributed by atoms with Crippen LogP contribution in [0.5, 0.6) is 0 Å². The topological polar surface area (TPSA) is 80.9 Å². The van der Waals surface area contributed by atoms with Crippen LogP contribution in [0.3, 0.4) is 0 Å². The van der Waals surface area contributed by atoms with Crippen LogP contribution in [0.15, 0.2) is 97.1 Å². The molecule has 0 aliphatic carbocycles. The predicted octanol–water partition coefficient (Wildman–Crippen LogP) is 3.28. The van der Waals surface area contributed by atoms with E-state index in [1.165, 1.54) is 0 Å². The summed E-state index contributed by atoms with van der Waals surface area (Å²) < 4.78 is 0. The molecular weight excluding hydrogens is 422 g/mol. The summed E-state index contributed by atoms with van der Waals surface area (Å²) >= 11 is 0. The second-order valence-corrected chi connectivity index (χ2v) is 8.57. The maximum atomic E-state index is 9.96. The number of rotatable bonds is 4. The van der Waals surface area contributed by atoms with Crippen molar-refractivity contribution in [3.05, 3.63) is 97.1 Å². The fraction of sp³-hybridized carbons (Fsp3) is 0. The molecule has 162 valence electrons. The van der Waals surface area contributed by atoms with Gasteiger partial charge >= 0.3 is 14.2 Å². The van der Waals surface area contributed by atoms with Crippen molar-refractivity contribution in [1.82, 2.24) is 0 Å². The van der Waals surface area contributed by atoms with Gasteiger partial charge in [-0.25, -0.2) is 0 Å². The zero-order valence-electron chi connectivity index (χ0n) is 18.2. The average molecular weight is 442 g/mol. The third-order valence-corrected chi connectivity index (χ3v) is 6.72. The molecule has 0 spiro atoms. The molecule has 4 N–H and O–H groups in total. The minimum Gasteiger partial charge on any atom is -0.423 e. The van der Waals surface area contributed by atoms with Gasteiger partial charge in [0, 0.05) is 0 Å². The van der Waals surface area contributed by atoms with Gasteiger partial charge in [0.15, 0.2) is 0 Å². The number of hydrogen-bond acceptors (Lipinski definition) is 4. The molecule has 6 aromatic rings. The van der Waals surface area contributed by atoms with Gasteiger partial charge < -0.3 is 20.1 Å². The van der Waals surface area contributed by atoms with E-state index >= 15 is 0 Å². The Morgan fingerprint density at radius 1 is 0.382 bits per heavy atom. The van der Waals surface area contributed by atoms with Crippen molar-refractivity contribution in [2.75, 3.05) is 0 Å². The Labute approximate surface area is 197 Å². The molecule has 6 rings (SSSR count). The summed E-state index contributed by atoms with van der Waals surface area (Å²) in [6, 6.07) is 31.2. The van der Waals surface area contributed by atoms with Gasteiger partial charge in [-0.3, -0.25) is 0 Å². The van der Waals surface area contributed by atoms with Crippen LogP contribution in [-0.4, -0.2) is 34.3 Å². The maximum absolute atomic E-state index is 9.96. The Morgan fingerprint density at radius 2 is 0.765 bits per heavy atom. The summed E-state index contributed by atoms with van der Waals surface area (Å²) in [6.07, 6.45) is 0. The lowest BCUT2D eigenvalue weighted by molar-refractivity contribution is 0.424. The van der Waals surface area contributed by atoms with Gasteiger partial charge in [-0.05, 0) is 65.5 Å². The number of hydrogen-bond donors (Lipinski definition) is 4. The van der Waals surface area contributed by atoms with Crippen LogP contribution in [0.25, 0.3) is 54.6 Å². The van der Waals surface area contributed by atoms with Crippen LogP contribution in [0.2, 0.25) is 0 Å². The molecule has 0 aliphatic heterocycles. The SMILES string of the molecule is OB(O)c1ccccc1-c1ccc2ccc3c(-c4ccccc4B(O)O)ccc4ccc1c2c43. The van der Waals surface area contributed by atoms with E-state index in [1.54, 1.807) is 24.3 Å². The summed E-state index contributed by atoms with van der Waals surface area (Å²) in [5.74, 6) is 0. The van der Waals surface area contributed by atoms with E-state index in [2.05, 4.69) is 36.4 Å². The molecule has 0 unspecified atom stereocenters. The zero-order valence-corrected chi connectivity index (χ0v) is 18.2. The molecule has 0 amide bonds. The minimum absolute atomic E-state index is 0.462. The Hall–Kier alpha value is -3.67. The van der Waals surface area contributed by atoms with Gasteiger partial charge in [-0.2, -0.15) is 0 Å². The van der Waals surface area contributed by atoms with Crippen molar-refractivity contribution >= 4 is 57.5 Å². The van der Waals surface area contributed by atoms with Crippen LogP contribution in [0.4, 0.5) is 0 Å². The first-order chi connectivity index (χ1) is 16.5. The first-order valence-electron chi connectivity index (χ1n) is 11.2. The molecule has 0 atom stereocenters. The Bertz CT molecular complexity index is 1550. The number of benzene rings is 6. The van der Waals surface area contributed by atoms with Gasteiger partial charge in [-0.15, -0.1) is 0 Å². The molecule has 6 aromatic carbocycles. The summed E-state index contributed by atoms with van der Waals surface area (Å²) in [7, 11) is -3.13. The van der Waals surface area contributed by atoms with Gasteiger partial charge in [-0.1, -0.05) is 97.1 Å². The highest BCUT2D eigenvalue weighted by molar-refractivity contribution is 6.61. The molecule has 0 heterocycles. The first-order valence-corrected chi connectivity index (χ1v) is 11.2. The third-order valence-electron chi connectivity index (χ3n) is 6.72. The van der Waals surface area contributed by atoms with E-state index in [0.717, 1.165) is 54.6 Å². The van der Waals surface area contributed by atoms with Crippen LogP contribution in [-0.2, 0) is 0 Å². The van der Waals surface area contributed by atoms with Gasteiger partial charge in [0.1, 0.15) is 0 Å². The zero-order chi connectivity index (χ0) is 23.4. The van der Waals surface area contributed by atoms with Crippen molar-refractivity contribution in [2.24, 2.45) is 0 Å². The Balaban J connectivity index is 1.71. The van der Waals surface area contributed by atoms with Crippen LogP contribution >= 0.6 is 0 Å². The Morgan fingerprint density at radius 3 is 1.18 bits per heavy atom. The minimum atomic E-state index is -1.57. The average Bonchev–Trinajstić information content (AvgIpc) is 2.87. The van der Waals surface area contributed by atoms with Crippen molar-refractivity contribution < 1.29 is 20.1 Å². The summed E-state index contributed by atoms with van der Waals surface area (Å²) in [5.41, 5.74) is 4.35. The van der Waals surface area contributed by atoms with Gasteiger partial charge in [0.05, 0.1) is 0 Å². The van der Waals surface area contributed by atoms with E-state index in [9.17, 15) is 20.1 Å². The maximum Gasteiger partial charge on any atom is 0.489 e. The predicted molar refractivity (Wildman–Crippen MR) is 141 cm³/mol. The molecule has 0 aromatic heterocycles. The highest BCUT2D eigenvalue weighted by atomic mass is 16.4. The second kappa shape index (κ2) is 7.97. The molecule has 0 saturated heterocycles. The summed E-state index contributed by atoms with van der Waals surface area (Å²) in [6.45, 7) is 0. The molecule has 0 saturated carbocycles. The monoisotopic (exact) mass is 442 g/mol. The molecule has 0 radical (unpaired) electrons. The van der Waals surface area contributed by atoms with Crippen molar-refractivity contribution in [3.63, 3.8) is 0 Å². The highest BCUT2D eigenvalue weighted by Crippen LogP contribution is 2.41. The van der Waals surface area contributed by atoms with E-state index in [-0.39, 0.29) is 0 Å². The van der Waals surface area contributed by atoms with Crippen LogP contribution in [0.1, 0.15) is 0 Å². The molecule has 0 aliphatic rings. The summed E-state index contributed by atoms with van der Waals surface area (Å²) in [4.78, 5) is 0. The fourth-order valence-electron chi connectivity index (χ4n) is 5.21. The van der Waals surface area contributed by atoms with E-state index in [1.807, 2.05) is 36.4 Å². The molecular formula is C28H20B2O4. The Kier molecular flexibility index (Phi) is 4.90. The van der Waals surface area contributed by atoms with Crippen molar-refractivity contribution in [3.8, 4) is 22.3 Å². The second-order valence-electron chi connectivity index (χ2n) is 8.57. The smallest absolute Gasteiger partial charge is 0.423 e. The van der Waals surface area contributed by atoms with Gasteiger partial charge in [0.25, 0.3) is 0 Å². The van der Waals surface area contributed by atoms with Crippen LogP contribution in [0, 0.1) is 0 Å². The summed E-state index contributed by atoms with van der Waals surface area (Å²) in [5, 5.41) is 46.2. The third kappa shape index (κ3) is 3.12. The quantitative estimate of drug-likeness (QED) is 0.250. The van der Waals surface area contributed by atoms with E-state index in [4.69, 9.17) is 0 Å². The van der Waals surface area contributed by atoms with E-state index in [0.29, 0.717) is 10.9 Å². The first kappa shape index (κ1) is 20.9. The standard InChI is InChI=1S/C28H20B2O4/c31-29(32)25-7-3-1-5-21(25)19-13-9-17-12-16-24-20(22-6-2-4-8-26(22)30(33)34)14-10-18-11-15-23(19)27(17)28(18)24/h1-16,31-34H. The molecule has 0 fully saturated rings. The largest absolute Gasteiger partial charge is 0.489 e. The van der Waals surface area contributed by atoms with Crippen LogP contribution < -0.4 is 10.9 Å². The lowest BCUT2D eigenvalue weighted by Gasteiger charge is -2.18. The highest BCUT2D eigenvalue weighted by Gasteiger charge is 2.21. The fourth-order valence-corrected chi connectivity index (χ4v) is 5.21. The van der Waals surface area contributed by atoms with E-state index < -0.39 is 14.2 Å².